The molecule has 64 valence electrons. The SMILES string of the molecule is O=C(O)N1CCCC(CO)C1. The molecule has 11 heavy (non-hydrogen) atoms. The minimum atomic E-state index is -0.872. The van der Waals surface area contributed by atoms with Crippen molar-refractivity contribution < 1.29 is 15.0 Å². The fraction of sp³-hybridized carbons (Fsp3) is 0.857. The Hall–Kier alpha value is -0.770. The van der Waals surface area contributed by atoms with Gasteiger partial charge in [0.25, 0.3) is 0 Å². The largest absolute Gasteiger partial charge is 0.465 e. The zero-order valence-corrected chi connectivity index (χ0v) is 6.36. The normalized spacial score (nSPS) is 25.2. The third-order valence-electron chi connectivity index (χ3n) is 2.05. The Morgan fingerprint density at radius 1 is 1.64 bits per heavy atom. The average molecular weight is 159 g/mol. The van der Waals surface area contributed by atoms with Gasteiger partial charge in [-0.1, -0.05) is 0 Å². The molecule has 4 heteroatoms. The smallest absolute Gasteiger partial charge is 0.407 e. The predicted molar refractivity (Wildman–Crippen MR) is 39.4 cm³/mol. The minimum absolute atomic E-state index is 0.101. The topological polar surface area (TPSA) is 60.8 Å². The Kier molecular flexibility index (Phi) is 2.70. The monoisotopic (exact) mass is 159 g/mol. The molecule has 0 aromatic heterocycles. The van der Waals surface area contributed by atoms with Crippen LogP contribution in [0, 0.1) is 5.92 Å². The van der Waals surface area contributed by atoms with E-state index in [1.807, 2.05) is 0 Å². The number of nitrogens with zero attached hydrogens (tertiary/aromatic N) is 1. The molecule has 0 aliphatic carbocycles. The number of aliphatic hydroxyl groups is 1. The van der Waals surface area contributed by atoms with Gasteiger partial charge in [-0.3, -0.25) is 0 Å². The Bertz CT molecular complexity index is 149. The molecule has 1 aliphatic heterocycles. The molecule has 1 rings (SSSR count). The molecule has 1 atom stereocenters. The first kappa shape index (κ1) is 8.33. The summed E-state index contributed by atoms with van der Waals surface area (Å²) in [6.45, 7) is 1.21. The van der Waals surface area contributed by atoms with E-state index in [2.05, 4.69) is 0 Å². The Morgan fingerprint density at radius 2 is 2.36 bits per heavy atom. The summed E-state index contributed by atoms with van der Waals surface area (Å²) in [6.07, 6.45) is 0.945. The number of carbonyl (C=O) groups is 1. The molecule has 1 aliphatic rings. The zero-order valence-electron chi connectivity index (χ0n) is 6.36. The highest BCUT2D eigenvalue weighted by Gasteiger charge is 2.21. The number of piperidine rings is 1. The fourth-order valence-corrected chi connectivity index (χ4v) is 1.39. The van der Waals surface area contributed by atoms with E-state index in [0.717, 1.165) is 12.8 Å². The molecule has 2 N–H and O–H groups in total. The number of carboxylic acid groups (broad SMARTS) is 1. The number of amides is 1. The summed E-state index contributed by atoms with van der Waals surface area (Å²) in [5, 5.41) is 17.4. The van der Waals surface area contributed by atoms with Crippen LogP contribution in [-0.4, -0.2) is 40.9 Å². The van der Waals surface area contributed by atoms with E-state index in [9.17, 15) is 4.79 Å². The molecule has 4 nitrogen and oxygen atoms in total. The van der Waals surface area contributed by atoms with Crippen LogP contribution in [0.3, 0.4) is 0 Å². The zero-order chi connectivity index (χ0) is 8.27. The van der Waals surface area contributed by atoms with Gasteiger partial charge in [0.15, 0.2) is 0 Å². The van der Waals surface area contributed by atoms with Crippen LogP contribution in [0.5, 0.6) is 0 Å². The van der Waals surface area contributed by atoms with Gasteiger partial charge in [0.05, 0.1) is 0 Å². The van der Waals surface area contributed by atoms with Crippen LogP contribution in [-0.2, 0) is 0 Å². The molecule has 1 heterocycles. The van der Waals surface area contributed by atoms with Gasteiger partial charge >= 0.3 is 6.09 Å². The number of rotatable bonds is 1. The lowest BCUT2D eigenvalue weighted by atomic mass is 10.00. The average Bonchev–Trinajstić information content (AvgIpc) is 2.05. The quantitative estimate of drug-likeness (QED) is 0.581. The summed E-state index contributed by atoms with van der Waals surface area (Å²) in [4.78, 5) is 11.8. The molecular formula is C7H13NO3. The van der Waals surface area contributed by atoms with E-state index in [1.165, 1.54) is 4.90 Å². The van der Waals surface area contributed by atoms with E-state index in [0.29, 0.717) is 13.1 Å². The molecule has 1 saturated heterocycles. The van der Waals surface area contributed by atoms with Gasteiger partial charge in [0.2, 0.25) is 0 Å². The standard InChI is InChI=1S/C7H13NO3/c9-5-6-2-1-3-8(4-6)7(10)11/h6,9H,1-5H2,(H,10,11). The van der Waals surface area contributed by atoms with Crippen molar-refractivity contribution in [2.75, 3.05) is 19.7 Å². The molecule has 0 aromatic carbocycles. The molecule has 0 spiro atoms. The molecule has 1 unspecified atom stereocenters. The van der Waals surface area contributed by atoms with Crippen LogP contribution < -0.4 is 0 Å². The highest BCUT2D eigenvalue weighted by Crippen LogP contribution is 2.15. The third kappa shape index (κ3) is 2.08. The molecule has 1 fully saturated rings. The fourth-order valence-electron chi connectivity index (χ4n) is 1.39. The molecule has 0 bridgehead atoms. The van der Waals surface area contributed by atoms with Gasteiger partial charge < -0.3 is 15.1 Å². The second kappa shape index (κ2) is 3.57. The van der Waals surface area contributed by atoms with Crippen LogP contribution >= 0.6 is 0 Å². The van der Waals surface area contributed by atoms with Gasteiger partial charge in [-0.25, -0.2) is 4.79 Å². The summed E-state index contributed by atoms with van der Waals surface area (Å²) in [7, 11) is 0. The highest BCUT2D eigenvalue weighted by molar-refractivity contribution is 5.65. The summed E-state index contributed by atoms with van der Waals surface area (Å²) >= 11 is 0. The van der Waals surface area contributed by atoms with Crippen LogP contribution in [0.4, 0.5) is 4.79 Å². The number of likely N-dealkylation sites (tertiary alicyclic amines) is 1. The van der Waals surface area contributed by atoms with Gasteiger partial charge in [0.1, 0.15) is 0 Å². The number of hydrogen-bond donors (Lipinski definition) is 2. The van der Waals surface area contributed by atoms with E-state index in [-0.39, 0.29) is 12.5 Å². The van der Waals surface area contributed by atoms with Crippen molar-refractivity contribution in [3.63, 3.8) is 0 Å². The van der Waals surface area contributed by atoms with Crippen LogP contribution in [0.2, 0.25) is 0 Å². The lowest BCUT2D eigenvalue weighted by Gasteiger charge is -2.29. The lowest BCUT2D eigenvalue weighted by molar-refractivity contribution is 0.100. The summed E-state index contributed by atoms with van der Waals surface area (Å²) in [5.74, 6) is 0.153. The molecule has 0 radical (unpaired) electrons. The minimum Gasteiger partial charge on any atom is -0.465 e. The molecule has 0 aromatic rings. The van der Waals surface area contributed by atoms with Crippen molar-refractivity contribution in [3.05, 3.63) is 0 Å². The van der Waals surface area contributed by atoms with Crippen molar-refractivity contribution in [3.8, 4) is 0 Å². The van der Waals surface area contributed by atoms with Gasteiger partial charge in [-0.05, 0) is 18.8 Å². The van der Waals surface area contributed by atoms with Crippen molar-refractivity contribution in [1.82, 2.24) is 4.90 Å². The maximum Gasteiger partial charge on any atom is 0.407 e. The number of aliphatic hydroxyl groups excluding tert-OH is 1. The Morgan fingerprint density at radius 3 is 2.91 bits per heavy atom. The lowest BCUT2D eigenvalue weighted by Crippen LogP contribution is -2.40. The Labute approximate surface area is 65.4 Å². The first-order chi connectivity index (χ1) is 5.24. The summed E-state index contributed by atoms with van der Waals surface area (Å²) in [6, 6.07) is 0. The molecular weight excluding hydrogens is 146 g/mol. The molecule has 0 saturated carbocycles. The maximum atomic E-state index is 10.5. The first-order valence-corrected chi connectivity index (χ1v) is 3.82. The van der Waals surface area contributed by atoms with Gasteiger partial charge in [-0.2, -0.15) is 0 Å². The van der Waals surface area contributed by atoms with Crippen molar-refractivity contribution >= 4 is 6.09 Å². The van der Waals surface area contributed by atoms with Crippen LogP contribution in [0.15, 0.2) is 0 Å². The van der Waals surface area contributed by atoms with E-state index in [1.54, 1.807) is 0 Å². The van der Waals surface area contributed by atoms with Crippen molar-refractivity contribution in [1.29, 1.82) is 0 Å². The van der Waals surface area contributed by atoms with Gasteiger partial charge in [0, 0.05) is 19.7 Å². The second-order valence-corrected chi connectivity index (χ2v) is 2.92. The Balaban J connectivity index is 2.39. The third-order valence-corrected chi connectivity index (χ3v) is 2.05. The van der Waals surface area contributed by atoms with E-state index < -0.39 is 6.09 Å². The van der Waals surface area contributed by atoms with E-state index >= 15 is 0 Å². The first-order valence-electron chi connectivity index (χ1n) is 3.82. The molecule has 1 amide bonds. The maximum absolute atomic E-state index is 10.5. The van der Waals surface area contributed by atoms with Crippen molar-refractivity contribution in [2.24, 2.45) is 5.92 Å². The second-order valence-electron chi connectivity index (χ2n) is 2.92. The van der Waals surface area contributed by atoms with Gasteiger partial charge in [-0.15, -0.1) is 0 Å². The van der Waals surface area contributed by atoms with Crippen LogP contribution in [0.1, 0.15) is 12.8 Å². The van der Waals surface area contributed by atoms with Crippen LogP contribution in [0.25, 0.3) is 0 Å². The van der Waals surface area contributed by atoms with Crippen molar-refractivity contribution in [2.45, 2.75) is 12.8 Å². The highest BCUT2D eigenvalue weighted by atomic mass is 16.4. The summed E-state index contributed by atoms with van der Waals surface area (Å²) < 4.78 is 0. The summed E-state index contributed by atoms with van der Waals surface area (Å²) in [5.41, 5.74) is 0. The van der Waals surface area contributed by atoms with E-state index in [4.69, 9.17) is 10.2 Å². The number of hydrogen-bond acceptors (Lipinski definition) is 2. The predicted octanol–water partition coefficient (Wildman–Crippen LogP) is 0.369.